The van der Waals surface area contributed by atoms with Gasteiger partial charge in [-0.2, -0.15) is 5.10 Å². The zero-order valence-electron chi connectivity index (χ0n) is 14.4. The van der Waals surface area contributed by atoms with Crippen molar-refractivity contribution in [1.29, 1.82) is 0 Å². The van der Waals surface area contributed by atoms with Gasteiger partial charge in [-0.05, 0) is 94.8 Å². The van der Waals surface area contributed by atoms with E-state index in [0.29, 0.717) is 13.0 Å². The van der Waals surface area contributed by atoms with Crippen LogP contribution in [-0.2, 0) is 11.2 Å². The van der Waals surface area contributed by atoms with Crippen molar-refractivity contribution < 1.29 is 9.53 Å². The molecule has 25 heavy (non-hydrogen) atoms. The number of benzene rings is 2. The Kier molecular flexibility index (Phi) is 7.67. The Morgan fingerprint density at radius 3 is 2.48 bits per heavy atom. The van der Waals surface area contributed by atoms with E-state index in [1.165, 1.54) is 5.56 Å². The van der Waals surface area contributed by atoms with Crippen molar-refractivity contribution in [1.82, 2.24) is 5.43 Å². The molecule has 0 fully saturated rings. The fourth-order valence-electron chi connectivity index (χ4n) is 2.37. The Morgan fingerprint density at radius 2 is 1.88 bits per heavy atom. The molecule has 0 atom stereocenters. The lowest BCUT2D eigenvalue weighted by atomic mass is 10.0. The Hall–Kier alpha value is -1.16. The van der Waals surface area contributed by atoms with E-state index in [1.807, 2.05) is 45.0 Å². The standard InChI is InChI=1S/C19H20I2N2O2/c1-4-25-19-16(20)8-14(9-17(19)21)11-22-23-18(24)10-15-6-5-12(2)7-13(15)3/h5-9,11H,4,10H2,1-3H3,(H,23,24)/b22-11+. The van der Waals surface area contributed by atoms with Crippen molar-refractivity contribution in [3.63, 3.8) is 0 Å². The molecule has 0 spiro atoms. The zero-order valence-corrected chi connectivity index (χ0v) is 18.7. The molecule has 2 aromatic rings. The maximum atomic E-state index is 12.1. The first kappa shape index (κ1) is 20.2. The number of nitrogens with one attached hydrogen (secondary N) is 1. The number of rotatable bonds is 6. The highest BCUT2D eigenvalue weighted by molar-refractivity contribution is 14.1. The Balaban J connectivity index is 1.99. The molecule has 1 N–H and O–H groups in total. The minimum atomic E-state index is -0.126. The third kappa shape index (κ3) is 5.95. The Bertz CT molecular complexity index is 781. The van der Waals surface area contributed by atoms with E-state index in [-0.39, 0.29) is 5.91 Å². The van der Waals surface area contributed by atoms with E-state index in [4.69, 9.17) is 4.74 Å². The normalized spacial score (nSPS) is 10.9. The van der Waals surface area contributed by atoms with Crippen LogP contribution in [0.25, 0.3) is 0 Å². The summed E-state index contributed by atoms with van der Waals surface area (Å²) in [5, 5.41) is 4.07. The van der Waals surface area contributed by atoms with Crippen LogP contribution in [0.4, 0.5) is 0 Å². The largest absolute Gasteiger partial charge is 0.492 e. The van der Waals surface area contributed by atoms with E-state index >= 15 is 0 Å². The lowest BCUT2D eigenvalue weighted by Gasteiger charge is -2.09. The first-order valence-electron chi connectivity index (χ1n) is 7.90. The topological polar surface area (TPSA) is 50.7 Å². The van der Waals surface area contributed by atoms with Crippen LogP contribution in [0.2, 0.25) is 0 Å². The summed E-state index contributed by atoms with van der Waals surface area (Å²) < 4.78 is 7.67. The van der Waals surface area contributed by atoms with Crippen LogP contribution in [0.1, 0.15) is 29.2 Å². The van der Waals surface area contributed by atoms with E-state index in [0.717, 1.165) is 29.6 Å². The molecule has 0 aliphatic carbocycles. The average molecular weight is 562 g/mol. The molecule has 0 unspecified atom stereocenters. The first-order valence-corrected chi connectivity index (χ1v) is 10.1. The summed E-state index contributed by atoms with van der Waals surface area (Å²) in [6, 6.07) is 10.0. The first-order chi connectivity index (χ1) is 11.9. The molecular weight excluding hydrogens is 542 g/mol. The van der Waals surface area contributed by atoms with Crippen molar-refractivity contribution in [3.8, 4) is 5.75 Å². The van der Waals surface area contributed by atoms with Gasteiger partial charge in [0.05, 0.1) is 26.4 Å². The average Bonchev–Trinajstić information content (AvgIpc) is 2.54. The van der Waals surface area contributed by atoms with Crippen LogP contribution >= 0.6 is 45.2 Å². The number of hydrogen-bond acceptors (Lipinski definition) is 3. The zero-order chi connectivity index (χ0) is 18.4. The van der Waals surface area contributed by atoms with Crippen molar-refractivity contribution in [2.75, 3.05) is 6.61 Å². The number of hydrazone groups is 1. The molecule has 0 heterocycles. The number of carbonyl (C=O) groups excluding carboxylic acids is 1. The Morgan fingerprint density at radius 1 is 1.20 bits per heavy atom. The third-order valence-electron chi connectivity index (χ3n) is 3.56. The SMILES string of the molecule is CCOc1c(I)cc(/C=N/NC(=O)Cc2ccc(C)cc2C)cc1I. The van der Waals surface area contributed by atoms with Gasteiger partial charge >= 0.3 is 0 Å². The van der Waals surface area contributed by atoms with Crippen LogP contribution in [0, 0.1) is 21.0 Å². The second kappa shape index (κ2) is 9.51. The number of hydrogen-bond donors (Lipinski definition) is 1. The summed E-state index contributed by atoms with van der Waals surface area (Å²) in [6.45, 7) is 6.66. The molecule has 1 amide bonds. The summed E-state index contributed by atoms with van der Waals surface area (Å²) >= 11 is 4.49. The summed E-state index contributed by atoms with van der Waals surface area (Å²) in [4.78, 5) is 12.1. The van der Waals surface area contributed by atoms with Gasteiger partial charge in [0.2, 0.25) is 5.91 Å². The van der Waals surface area contributed by atoms with Gasteiger partial charge in [-0.3, -0.25) is 4.79 Å². The molecular formula is C19H20I2N2O2. The fraction of sp³-hybridized carbons (Fsp3) is 0.263. The summed E-state index contributed by atoms with van der Waals surface area (Å²) in [6.07, 6.45) is 1.97. The maximum Gasteiger partial charge on any atom is 0.244 e. The smallest absolute Gasteiger partial charge is 0.244 e. The molecule has 2 aromatic carbocycles. The molecule has 4 nitrogen and oxygen atoms in total. The van der Waals surface area contributed by atoms with Crippen molar-refractivity contribution in [2.45, 2.75) is 27.2 Å². The number of nitrogens with zero attached hydrogens (tertiary/aromatic N) is 1. The van der Waals surface area contributed by atoms with E-state index in [2.05, 4.69) is 61.8 Å². The molecule has 0 saturated carbocycles. The molecule has 6 heteroatoms. The monoisotopic (exact) mass is 562 g/mol. The second-order valence-corrected chi connectivity index (χ2v) is 7.97. The number of amides is 1. The maximum absolute atomic E-state index is 12.1. The Labute approximate surface area is 175 Å². The van der Waals surface area contributed by atoms with Gasteiger partial charge in [0, 0.05) is 0 Å². The van der Waals surface area contributed by atoms with Crippen LogP contribution in [-0.4, -0.2) is 18.7 Å². The van der Waals surface area contributed by atoms with Gasteiger partial charge in [-0.1, -0.05) is 23.8 Å². The lowest BCUT2D eigenvalue weighted by molar-refractivity contribution is -0.120. The van der Waals surface area contributed by atoms with Gasteiger partial charge in [0.25, 0.3) is 0 Å². The van der Waals surface area contributed by atoms with E-state index < -0.39 is 0 Å². The van der Waals surface area contributed by atoms with Gasteiger partial charge in [-0.25, -0.2) is 5.43 Å². The predicted molar refractivity (Wildman–Crippen MR) is 118 cm³/mol. The quantitative estimate of drug-likeness (QED) is 0.318. The molecule has 132 valence electrons. The molecule has 0 saturated heterocycles. The van der Waals surface area contributed by atoms with Crippen LogP contribution < -0.4 is 10.2 Å². The number of ether oxygens (including phenoxy) is 1. The highest BCUT2D eigenvalue weighted by atomic mass is 127. The summed E-state index contributed by atoms with van der Waals surface area (Å²) in [7, 11) is 0. The minimum absolute atomic E-state index is 0.126. The van der Waals surface area contributed by atoms with Gasteiger partial charge in [-0.15, -0.1) is 0 Å². The van der Waals surface area contributed by atoms with Gasteiger partial charge in [0.1, 0.15) is 5.75 Å². The van der Waals surface area contributed by atoms with Gasteiger partial charge in [0.15, 0.2) is 0 Å². The molecule has 2 rings (SSSR count). The molecule has 0 aliphatic rings. The van der Waals surface area contributed by atoms with E-state index in [1.54, 1.807) is 6.21 Å². The molecule has 0 aromatic heterocycles. The molecule has 0 radical (unpaired) electrons. The third-order valence-corrected chi connectivity index (χ3v) is 5.16. The van der Waals surface area contributed by atoms with Crippen molar-refractivity contribution in [2.24, 2.45) is 5.10 Å². The van der Waals surface area contributed by atoms with Crippen LogP contribution in [0.3, 0.4) is 0 Å². The number of halogens is 2. The predicted octanol–water partition coefficient (Wildman–Crippen LogP) is 4.60. The molecule has 0 bridgehead atoms. The summed E-state index contributed by atoms with van der Waals surface area (Å²) in [5.41, 5.74) is 6.85. The number of aryl methyl sites for hydroxylation is 2. The highest BCUT2D eigenvalue weighted by Gasteiger charge is 2.08. The highest BCUT2D eigenvalue weighted by Crippen LogP contribution is 2.28. The van der Waals surface area contributed by atoms with Crippen molar-refractivity contribution in [3.05, 3.63) is 59.7 Å². The summed E-state index contributed by atoms with van der Waals surface area (Å²) in [5.74, 6) is 0.762. The second-order valence-electron chi connectivity index (χ2n) is 5.65. The lowest BCUT2D eigenvalue weighted by Crippen LogP contribution is -2.20. The van der Waals surface area contributed by atoms with Crippen LogP contribution in [0.15, 0.2) is 35.4 Å². The fourth-order valence-corrected chi connectivity index (χ4v) is 4.50. The van der Waals surface area contributed by atoms with Gasteiger partial charge < -0.3 is 4.74 Å². The van der Waals surface area contributed by atoms with Crippen LogP contribution in [0.5, 0.6) is 5.75 Å². The van der Waals surface area contributed by atoms with Crippen molar-refractivity contribution >= 4 is 57.3 Å². The number of carbonyl (C=O) groups is 1. The van der Waals surface area contributed by atoms with E-state index in [9.17, 15) is 4.79 Å². The molecule has 0 aliphatic heterocycles. The minimum Gasteiger partial charge on any atom is -0.492 e.